The fourth-order valence-corrected chi connectivity index (χ4v) is 1.76. The highest BCUT2D eigenvalue weighted by Crippen LogP contribution is 2.23. The molecule has 1 amide bonds. The standard InChI is InChI=1S/C13H9ClN2O4/c14-9-5-8(13(19)20)1-2-10(9)16-12(18)7-3-4-15-11(17)6-7/h1-6H,(H,15,17)(H,16,18)(H,19,20). The number of hydrogen-bond donors (Lipinski definition) is 3. The number of carboxylic acid groups (broad SMARTS) is 1. The van der Waals surface area contributed by atoms with Gasteiger partial charge in [-0.15, -0.1) is 0 Å². The molecule has 1 aromatic heterocycles. The number of carbonyl (C=O) groups excluding carboxylic acids is 1. The van der Waals surface area contributed by atoms with E-state index in [1.165, 1.54) is 30.5 Å². The van der Waals surface area contributed by atoms with Gasteiger partial charge in [-0.3, -0.25) is 9.59 Å². The molecule has 0 fully saturated rings. The van der Waals surface area contributed by atoms with Crippen LogP contribution in [0.2, 0.25) is 5.02 Å². The summed E-state index contributed by atoms with van der Waals surface area (Å²) >= 11 is 5.89. The number of nitrogens with one attached hydrogen (secondary N) is 2. The molecule has 0 aliphatic carbocycles. The largest absolute Gasteiger partial charge is 0.478 e. The Morgan fingerprint density at radius 2 is 1.90 bits per heavy atom. The zero-order chi connectivity index (χ0) is 14.7. The summed E-state index contributed by atoms with van der Waals surface area (Å²) in [6.45, 7) is 0. The van der Waals surface area contributed by atoms with E-state index in [1.54, 1.807) is 0 Å². The maximum Gasteiger partial charge on any atom is 0.335 e. The highest BCUT2D eigenvalue weighted by Gasteiger charge is 2.11. The second kappa shape index (κ2) is 5.58. The molecule has 0 unspecified atom stereocenters. The molecule has 7 heteroatoms. The molecule has 0 atom stereocenters. The number of benzene rings is 1. The molecule has 2 rings (SSSR count). The Labute approximate surface area is 118 Å². The van der Waals surface area contributed by atoms with Crippen LogP contribution in [0.5, 0.6) is 0 Å². The Balaban J connectivity index is 2.24. The normalized spacial score (nSPS) is 10.1. The molecule has 0 aliphatic heterocycles. The first-order chi connectivity index (χ1) is 9.47. The lowest BCUT2D eigenvalue weighted by Crippen LogP contribution is -2.15. The third-order valence-corrected chi connectivity index (χ3v) is 2.81. The number of anilines is 1. The molecule has 1 heterocycles. The Morgan fingerprint density at radius 3 is 2.50 bits per heavy atom. The molecular weight excluding hydrogens is 284 g/mol. The smallest absolute Gasteiger partial charge is 0.335 e. The lowest BCUT2D eigenvalue weighted by molar-refractivity contribution is 0.0696. The van der Waals surface area contributed by atoms with Gasteiger partial charge in [0.15, 0.2) is 0 Å². The van der Waals surface area contributed by atoms with E-state index in [0.29, 0.717) is 0 Å². The van der Waals surface area contributed by atoms with Gasteiger partial charge in [0.25, 0.3) is 5.91 Å². The summed E-state index contributed by atoms with van der Waals surface area (Å²) < 4.78 is 0. The molecule has 0 radical (unpaired) electrons. The number of rotatable bonds is 3. The van der Waals surface area contributed by atoms with Gasteiger partial charge in [0.05, 0.1) is 16.3 Å². The number of aromatic carboxylic acids is 1. The van der Waals surface area contributed by atoms with Gasteiger partial charge in [0.1, 0.15) is 0 Å². The summed E-state index contributed by atoms with van der Waals surface area (Å²) in [5.74, 6) is -1.62. The Bertz CT molecular complexity index is 739. The number of amides is 1. The topological polar surface area (TPSA) is 99.3 Å². The van der Waals surface area contributed by atoms with Gasteiger partial charge >= 0.3 is 5.97 Å². The van der Waals surface area contributed by atoms with Gasteiger partial charge in [-0.25, -0.2) is 4.79 Å². The maximum absolute atomic E-state index is 11.9. The van der Waals surface area contributed by atoms with E-state index in [-0.39, 0.29) is 21.8 Å². The van der Waals surface area contributed by atoms with Gasteiger partial charge in [-0.1, -0.05) is 11.6 Å². The minimum absolute atomic E-state index is 0.0177. The summed E-state index contributed by atoms with van der Waals surface area (Å²) in [7, 11) is 0. The van der Waals surface area contributed by atoms with Crippen molar-refractivity contribution < 1.29 is 14.7 Å². The molecule has 3 N–H and O–H groups in total. The number of halogens is 1. The van der Waals surface area contributed by atoms with Crippen LogP contribution in [0.25, 0.3) is 0 Å². The number of pyridine rings is 1. The van der Waals surface area contributed by atoms with Crippen LogP contribution in [0.15, 0.2) is 41.3 Å². The average Bonchev–Trinajstić information content (AvgIpc) is 2.40. The number of carboxylic acids is 1. The van der Waals surface area contributed by atoms with Crippen LogP contribution < -0.4 is 10.9 Å². The van der Waals surface area contributed by atoms with Gasteiger partial charge in [-0.05, 0) is 24.3 Å². The van der Waals surface area contributed by atoms with Gasteiger partial charge < -0.3 is 15.4 Å². The van der Waals surface area contributed by atoms with Gasteiger partial charge in [0, 0.05) is 17.8 Å². The summed E-state index contributed by atoms with van der Waals surface area (Å²) in [6, 6.07) is 6.53. The third kappa shape index (κ3) is 3.04. The highest BCUT2D eigenvalue weighted by atomic mass is 35.5. The molecular formula is C13H9ClN2O4. The maximum atomic E-state index is 11.9. The summed E-state index contributed by atoms with van der Waals surface area (Å²) in [5.41, 5.74) is 0.0585. The summed E-state index contributed by atoms with van der Waals surface area (Å²) in [5, 5.41) is 11.4. The number of hydrogen-bond acceptors (Lipinski definition) is 3. The van der Waals surface area contributed by atoms with E-state index in [4.69, 9.17) is 16.7 Å². The average molecular weight is 293 g/mol. The van der Waals surface area contributed by atoms with Crippen LogP contribution in [0.1, 0.15) is 20.7 Å². The summed E-state index contributed by atoms with van der Waals surface area (Å²) in [4.78, 5) is 36.2. The predicted octanol–water partition coefficient (Wildman–Crippen LogP) is 1.98. The predicted molar refractivity (Wildman–Crippen MR) is 73.4 cm³/mol. The van der Waals surface area contributed by atoms with Gasteiger partial charge in [0.2, 0.25) is 5.56 Å². The van der Waals surface area contributed by atoms with Crippen molar-refractivity contribution in [2.45, 2.75) is 0 Å². The Kier molecular flexibility index (Phi) is 3.86. The third-order valence-electron chi connectivity index (χ3n) is 2.50. The molecule has 2 aromatic rings. The first kappa shape index (κ1) is 13.8. The molecule has 0 spiro atoms. The van der Waals surface area contributed by atoms with E-state index in [0.717, 1.165) is 6.07 Å². The van der Waals surface area contributed by atoms with Crippen molar-refractivity contribution in [3.63, 3.8) is 0 Å². The molecule has 20 heavy (non-hydrogen) atoms. The highest BCUT2D eigenvalue weighted by molar-refractivity contribution is 6.34. The molecule has 0 bridgehead atoms. The molecule has 102 valence electrons. The Morgan fingerprint density at radius 1 is 1.15 bits per heavy atom. The van der Waals surface area contributed by atoms with Crippen LogP contribution in [-0.2, 0) is 0 Å². The quantitative estimate of drug-likeness (QED) is 0.805. The number of H-pyrrole nitrogens is 1. The van der Waals surface area contributed by atoms with Crippen LogP contribution in [0.3, 0.4) is 0 Å². The number of aromatic amines is 1. The van der Waals surface area contributed by atoms with Crippen molar-refractivity contribution in [2.75, 3.05) is 5.32 Å². The second-order valence-corrected chi connectivity index (χ2v) is 4.30. The van der Waals surface area contributed by atoms with Crippen molar-refractivity contribution in [1.82, 2.24) is 4.98 Å². The van der Waals surface area contributed by atoms with Crippen molar-refractivity contribution in [1.29, 1.82) is 0 Å². The van der Waals surface area contributed by atoms with Crippen LogP contribution in [0, 0.1) is 0 Å². The van der Waals surface area contributed by atoms with Crippen LogP contribution in [0.4, 0.5) is 5.69 Å². The Hall–Kier alpha value is -2.60. The molecule has 0 saturated carbocycles. The number of carbonyl (C=O) groups is 2. The van der Waals surface area contributed by atoms with Crippen LogP contribution in [-0.4, -0.2) is 22.0 Å². The minimum atomic E-state index is -1.11. The lowest BCUT2D eigenvalue weighted by atomic mass is 10.2. The zero-order valence-electron chi connectivity index (χ0n) is 10.0. The van der Waals surface area contributed by atoms with E-state index < -0.39 is 17.4 Å². The molecule has 0 aliphatic rings. The number of aromatic nitrogens is 1. The minimum Gasteiger partial charge on any atom is -0.478 e. The lowest BCUT2D eigenvalue weighted by Gasteiger charge is -2.07. The fraction of sp³-hybridized carbons (Fsp3) is 0. The second-order valence-electron chi connectivity index (χ2n) is 3.90. The molecule has 6 nitrogen and oxygen atoms in total. The van der Waals surface area contributed by atoms with Crippen molar-refractivity contribution in [2.24, 2.45) is 0 Å². The van der Waals surface area contributed by atoms with Crippen molar-refractivity contribution in [3.05, 3.63) is 63.0 Å². The first-order valence-corrected chi connectivity index (χ1v) is 5.88. The SMILES string of the molecule is O=C(O)c1ccc(NC(=O)c2cc[nH]c(=O)c2)c(Cl)c1. The van der Waals surface area contributed by atoms with E-state index in [9.17, 15) is 14.4 Å². The zero-order valence-corrected chi connectivity index (χ0v) is 10.8. The molecule has 1 aromatic carbocycles. The van der Waals surface area contributed by atoms with Crippen molar-refractivity contribution in [3.8, 4) is 0 Å². The van der Waals surface area contributed by atoms with Crippen molar-refractivity contribution >= 4 is 29.2 Å². The monoisotopic (exact) mass is 292 g/mol. The van der Waals surface area contributed by atoms with E-state index in [1.807, 2.05) is 0 Å². The van der Waals surface area contributed by atoms with Crippen LogP contribution >= 0.6 is 11.6 Å². The fourth-order valence-electron chi connectivity index (χ4n) is 1.53. The summed E-state index contributed by atoms with van der Waals surface area (Å²) in [6.07, 6.45) is 1.35. The molecule has 0 saturated heterocycles. The van der Waals surface area contributed by atoms with Gasteiger partial charge in [-0.2, -0.15) is 0 Å². The first-order valence-electron chi connectivity index (χ1n) is 5.50. The van der Waals surface area contributed by atoms with E-state index in [2.05, 4.69) is 10.3 Å². The van der Waals surface area contributed by atoms with E-state index >= 15 is 0 Å².